The number of aryl methyl sites for hydroxylation is 1. The Labute approximate surface area is 176 Å². The van der Waals surface area contributed by atoms with E-state index in [1.54, 1.807) is 6.92 Å². The molecule has 0 fully saturated rings. The van der Waals surface area contributed by atoms with Crippen LogP contribution in [0.1, 0.15) is 28.7 Å². The first kappa shape index (κ1) is 25.2. The molecular weight excluding hydrogens is 459 g/mol. The third-order valence-corrected chi connectivity index (χ3v) is 3.64. The van der Waals surface area contributed by atoms with Crippen LogP contribution in [0, 0.1) is 24.5 Å². The molecule has 0 saturated heterocycles. The Balaban J connectivity index is 0.00000450. The van der Waals surface area contributed by atoms with Crippen LogP contribution in [0.25, 0.3) is 5.69 Å². The minimum atomic E-state index is -5.45. The topological polar surface area (TPSA) is 68.0 Å². The number of halogens is 6. The van der Waals surface area contributed by atoms with Gasteiger partial charge in [-0.25, -0.2) is 9.37 Å². The molecule has 12 heteroatoms. The van der Waals surface area contributed by atoms with Gasteiger partial charge in [-0.1, -0.05) is 24.8 Å². The van der Waals surface area contributed by atoms with Crippen molar-refractivity contribution in [1.29, 1.82) is 0 Å². The van der Waals surface area contributed by atoms with Gasteiger partial charge in [0.05, 0.1) is 5.69 Å². The van der Waals surface area contributed by atoms with Gasteiger partial charge in [-0.3, -0.25) is 4.79 Å². The molecule has 1 radical (unpaired) electrons. The van der Waals surface area contributed by atoms with Gasteiger partial charge in [0.1, 0.15) is 11.3 Å². The van der Waals surface area contributed by atoms with Crippen LogP contribution in [0.5, 0.6) is 5.88 Å². The van der Waals surface area contributed by atoms with Crippen molar-refractivity contribution >= 4 is 5.78 Å². The van der Waals surface area contributed by atoms with Crippen LogP contribution in [0.15, 0.2) is 36.5 Å². The fraction of sp³-hybridized carbons (Fsp3) is 0.167. The summed E-state index contributed by atoms with van der Waals surface area (Å²) in [7, 11) is 0. The number of aromatic nitrogens is 3. The van der Waals surface area contributed by atoms with Gasteiger partial charge in [-0.15, -0.1) is 0 Å². The molecular formula is C18H13F6MnN3O2. The minimum absolute atomic E-state index is 0. The Hall–Kier alpha value is -2.85. The predicted octanol–water partition coefficient (Wildman–Crippen LogP) is 4.59. The standard InChI is InChI=1S/C18H13F6N3O2.Mn/c1-5-9(6-7(2)3)14(28)10-8(4)26-27(17(10)29)13-11(19)15(18(22,23)24)25-16(21)12(13)20;/h5-6,29H,1-2H2,3-4H3;/b9-6+;. The zero-order chi connectivity index (χ0) is 22.3. The number of hydrogen-bond acceptors (Lipinski definition) is 4. The molecule has 0 spiro atoms. The molecule has 0 aliphatic heterocycles. The molecule has 0 bridgehead atoms. The van der Waals surface area contributed by atoms with Crippen LogP contribution in [-0.2, 0) is 23.2 Å². The van der Waals surface area contributed by atoms with Gasteiger partial charge in [0.25, 0.3) is 5.95 Å². The maximum Gasteiger partial charge on any atom is 0.436 e. The zero-order valence-electron chi connectivity index (χ0n) is 15.4. The molecule has 5 nitrogen and oxygen atoms in total. The molecule has 2 rings (SSSR count). The summed E-state index contributed by atoms with van der Waals surface area (Å²) in [6.45, 7) is 9.70. The zero-order valence-corrected chi connectivity index (χ0v) is 16.6. The molecule has 0 aliphatic carbocycles. The van der Waals surface area contributed by atoms with Crippen LogP contribution in [0.3, 0.4) is 0 Å². The summed E-state index contributed by atoms with van der Waals surface area (Å²) in [6.07, 6.45) is -3.05. The molecule has 0 saturated carbocycles. The van der Waals surface area contributed by atoms with Crippen molar-refractivity contribution in [2.45, 2.75) is 20.0 Å². The van der Waals surface area contributed by atoms with Gasteiger partial charge in [0.15, 0.2) is 17.3 Å². The van der Waals surface area contributed by atoms with E-state index in [1.165, 1.54) is 6.08 Å². The average molecular weight is 472 g/mol. The number of Topliss-reactive ketones (excluding diaryl/α,β-unsaturated/α-hetero) is 1. The maximum atomic E-state index is 14.3. The number of aromatic hydroxyl groups is 1. The second-order valence-corrected chi connectivity index (χ2v) is 5.90. The first-order valence-corrected chi connectivity index (χ1v) is 7.76. The van der Waals surface area contributed by atoms with E-state index in [-0.39, 0.29) is 33.0 Å². The number of hydrogen-bond donors (Lipinski definition) is 1. The molecule has 0 aliphatic rings. The normalized spacial score (nSPS) is 11.8. The predicted molar refractivity (Wildman–Crippen MR) is 90.1 cm³/mol. The van der Waals surface area contributed by atoms with E-state index in [1.807, 2.05) is 0 Å². The fourth-order valence-corrected chi connectivity index (χ4v) is 2.44. The molecule has 2 aromatic rings. The Morgan fingerprint density at radius 3 is 2.23 bits per heavy atom. The van der Waals surface area contributed by atoms with Crippen molar-refractivity contribution in [3.63, 3.8) is 0 Å². The minimum Gasteiger partial charge on any atom is -0.493 e. The van der Waals surface area contributed by atoms with E-state index in [0.717, 1.165) is 13.0 Å². The van der Waals surface area contributed by atoms with Gasteiger partial charge >= 0.3 is 6.18 Å². The summed E-state index contributed by atoms with van der Waals surface area (Å²) in [4.78, 5) is 14.8. The number of rotatable bonds is 5. The van der Waals surface area contributed by atoms with Crippen LogP contribution in [-0.4, -0.2) is 25.7 Å². The van der Waals surface area contributed by atoms with Crippen LogP contribution in [0.4, 0.5) is 26.3 Å². The van der Waals surface area contributed by atoms with Crippen molar-refractivity contribution < 1.29 is 53.3 Å². The first-order valence-electron chi connectivity index (χ1n) is 7.76. The molecule has 1 N–H and O–H groups in total. The van der Waals surface area contributed by atoms with E-state index in [4.69, 9.17) is 0 Å². The molecule has 0 unspecified atom stereocenters. The van der Waals surface area contributed by atoms with Crippen molar-refractivity contribution in [3.05, 3.63) is 71.0 Å². The van der Waals surface area contributed by atoms with Crippen LogP contribution >= 0.6 is 0 Å². The van der Waals surface area contributed by atoms with E-state index >= 15 is 0 Å². The third kappa shape index (κ3) is 4.49. The molecule has 0 aromatic carbocycles. The van der Waals surface area contributed by atoms with Gasteiger partial charge < -0.3 is 5.11 Å². The van der Waals surface area contributed by atoms with E-state index in [9.17, 15) is 36.2 Å². The van der Waals surface area contributed by atoms with Crippen LogP contribution < -0.4 is 0 Å². The third-order valence-electron chi connectivity index (χ3n) is 3.64. The molecule has 30 heavy (non-hydrogen) atoms. The van der Waals surface area contributed by atoms with Gasteiger partial charge in [-0.2, -0.15) is 31.7 Å². The Bertz CT molecular complexity index is 1070. The summed E-state index contributed by atoms with van der Waals surface area (Å²) >= 11 is 0. The number of alkyl halides is 3. The monoisotopic (exact) mass is 472 g/mol. The SMILES string of the molecule is C=C/C(=C\C(=C)C)C(=O)c1c(C)nn(-c2c(F)c(F)nc(C(F)(F)F)c2F)c1O.[Mn]. The number of carbonyl (C=O) groups excluding carboxylic acids is 1. The molecule has 2 heterocycles. The number of nitrogens with zero attached hydrogens (tertiary/aromatic N) is 3. The Morgan fingerprint density at radius 1 is 1.20 bits per heavy atom. The van der Waals surface area contributed by atoms with E-state index < -0.39 is 52.4 Å². The van der Waals surface area contributed by atoms with Crippen molar-refractivity contribution in [2.75, 3.05) is 0 Å². The van der Waals surface area contributed by atoms with Crippen LogP contribution in [0.2, 0.25) is 0 Å². The molecule has 161 valence electrons. The first-order chi connectivity index (χ1) is 13.3. The summed E-state index contributed by atoms with van der Waals surface area (Å²) in [5, 5.41) is 13.8. The van der Waals surface area contributed by atoms with Gasteiger partial charge in [-0.05, 0) is 19.9 Å². The van der Waals surface area contributed by atoms with E-state index in [2.05, 4.69) is 23.2 Å². The molecule has 0 amide bonds. The Kier molecular flexibility index (Phi) is 7.46. The number of ketones is 1. The summed E-state index contributed by atoms with van der Waals surface area (Å²) in [5.74, 6) is -8.79. The fourth-order valence-electron chi connectivity index (χ4n) is 2.44. The Morgan fingerprint density at radius 2 is 1.77 bits per heavy atom. The quantitative estimate of drug-likeness (QED) is 0.173. The molecule has 2 aromatic heterocycles. The summed E-state index contributed by atoms with van der Waals surface area (Å²) in [5.41, 5.74) is -4.52. The number of pyridine rings is 1. The summed E-state index contributed by atoms with van der Waals surface area (Å²) < 4.78 is 80.6. The summed E-state index contributed by atoms with van der Waals surface area (Å²) in [6, 6.07) is 0. The van der Waals surface area contributed by atoms with Gasteiger partial charge in [0, 0.05) is 22.6 Å². The maximum absolute atomic E-state index is 14.3. The van der Waals surface area contributed by atoms with Crippen molar-refractivity contribution in [1.82, 2.24) is 14.8 Å². The second-order valence-electron chi connectivity index (χ2n) is 5.90. The van der Waals surface area contributed by atoms with E-state index in [0.29, 0.717) is 5.57 Å². The van der Waals surface area contributed by atoms with Gasteiger partial charge in [0.2, 0.25) is 11.7 Å². The largest absolute Gasteiger partial charge is 0.493 e. The van der Waals surface area contributed by atoms with Crippen molar-refractivity contribution in [3.8, 4) is 11.6 Å². The van der Waals surface area contributed by atoms with Crippen molar-refractivity contribution in [2.24, 2.45) is 0 Å². The number of carbonyl (C=O) groups is 1. The number of allylic oxidation sites excluding steroid dienone is 4. The smallest absolute Gasteiger partial charge is 0.436 e. The average Bonchev–Trinajstić information content (AvgIpc) is 2.88. The molecule has 0 atom stereocenters. The second kappa shape index (κ2) is 8.88.